The maximum absolute atomic E-state index is 11.7. The molecule has 0 aromatic heterocycles. The van der Waals surface area contributed by atoms with Gasteiger partial charge in [-0.3, -0.25) is 0 Å². The van der Waals surface area contributed by atoms with Crippen LogP contribution < -0.4 is 0 Å². The molecule has 2 heterocycles. The predicted molar refractivity (Wildman–Crippen MR) is 84.5 cm³/mol. The van der Waals surface area contributed by atoms with Crippen molar-refractivity contribution in [3.05, 3.63) is 0 Å². The molecular weight excluding hydrogens is 266 g/mol. The highest BCUT2D eigenvalue weighted by molar-refractivity contribution is 5.67. The average molecular weight is 297 g/mol. The molecule has 0 N–H and O–H groups in total. The standard InChI is InChI=1S/C16H31N3O2/c1-5-21-16(20)19-10-7-14(8-11-19)18(4)15-6-9-17(3)13(2)12-15/h13-15H,5-12H2,1-4H3. The molecule has 2 aliphatic heterocycles. The molecule has 1 amide bonds. The second-order valence-electron chi connectivity index (χ2n) is 6.59. The number of hydrogen-bond acceptors (Lipinski definition) is 4. The normalized spacial score (nSPS) is 28.9. The summed E-state index contributed by atoms with van der Waals surface area (Å²) >= 11 is 0. The van der Waals surface area contributed by atoms with Gasteiger partial charge in [0.05, 0.1) is 6.61 Å². The summed E-state index contributed by atoms with van der Waals surface area (Å²) in [6.07, 6.45) is 4.50. The first-order valence-corrected chi connectivity index (χ1v) is 8.36. The zero-order valence-electron chi connectivity index (χ0n) is 14.0. The molecule has 21 heavy (non-hydrogen) atoms. The molecule has 0 aromatic rings. The third-order valence-electron chi connectivity index (χ3n) is 5.32. The van der Waals surface area contributed by atoms with Gasteiger partial charge in [-0.05, 0) is 60.2 Å². The van der Waals surface area contributed by atoms with Crippen molar-refractivity contribution in [3.8, 4) is 0 Å². The molecule has 0 aromatic carbocycles. The summed E-state index contributed by atoms with van der Waals surface area (Å²) in [5.41, 5.74) is 0. The van der Waals surface area contributed by atoms with Gasteiger partial charge in [-0.2, -0.15) is 0 Å². The van der Waals surface area contributed by atoms with Crippen LogP contribution in [-0.2, 0) is 4.74 Å². The lowest BCUT2D eigenvalue weighted by molar-refractivity contribution is 0.0436. The van der Waals surface area contributed by atoms with Crippen LogP contribution in [0.2, 0.25) is 0 Å². The van der Waals surface area contributed by atoms with Gasteiger partial charge in [0, 0.05) is 31.2 Å². The third-order valence-corrected chi connectivity index (χ3v) is 5.32. The van der Waals surface area contributed by atoms with Crippen molar-refractivity contribution >= 4 is 6.09 Å². The molecule has 2 aliphatic rings. The Morgan fingerprint density at radius 3 is 2.38 bits per heavy atom. The van der Waals surface area contributed by atoms with E-state index in [1.807, 2.05) is 11.8 Å². The van der Waals surface area contributed by atoms with Crippen molar-refractivity contribution in [1.82, 2.24) is 14.7 Å². The quantitative estimate of drug-likeness (QED) is 0.798. The van der Waals surface area contributed by atoms with Crippen molar-refractivity contribution in [2.45, 2.75) is 57.7 Å². The Hall–Kier alpha value is -0.810. The van der Waals surface area contributed by atoms with Crippen LogP contribution in [0.3, 0.4) is 0 Å². The molecule has 0 saturated carbocycles. The van der Waals surface area contributed by atoms with E-state index < -0.39 is 0 Å². The first-order chi connectivity index (χ1) is 10.0. The van der Waals surface area contributed by atoms with E-state index in [1.165, 1.54) is 19.4 Å². The number of nitrogens with zero attached hydrogens (tertiary/aromatic N) is 3. The molecule has 0 bridgehead atoms. The predicted octanol–water partition coefficient (Wildman–Crippen LogP) is 2.02. The Bertz CT molecular complexity index is 342. The minimum atomic E-state index is -0.147. The van der Waals surface area contributed by atoms with Gasteiger partial charge in [-0.15, -0.1) is 0 Å². The minimum Gasteiger partial charge on any atom is -0.450 e. The lowest BCUT2D eigenvalue weighted by Gasteiger charge is -2.44. The Kier molecular flexibility index (Phi) is 5.88. The summed E-state index contributed by atoms with van der Waals surface area (Å²) in [5, 5.41) is 0. The molecule has 2 atom stereocenters. The van der Waals surface area contributed by atoms with Gasteiger partial charge in [0.1, 0.15) is 0 Å². The Morgan fingerprint density at radius 2 is 1.81 bits per heavy atom. The molecule has 5 heteroatoms. The van der Waals surface area contributed by atoms with Crippen molar-refractivity contribution in [1.29, 1.82) is 0 Å². The SMILES string of the molecule is CCOC(=O)N1CCC(N(C)C2CCN(C)C(C)C2)CC1. The molecule has 0 radical (unpaired) electrons. The molecule has 2 unspecified atom stereocenters. The van der Waals surface area contributed by atoms with Gasteiger partial charge in [0.2, 0.25) is 0 Å². The van der Waals surface area contributed by atoms with E-state index in [9.17, 15) is 4.79 Å². The van der Waals surface area contributed by atoms with Crippen LogP contribution in [0.5, 0.6) is 0 Å². The van der Waals surface area contributed by atoms with Crippen LogP contribution in [0.1, 0.15) is 39.5 Å². The van der Waals surface area contributed by atoms with E-state index in [0.29, 0.717) is 24.7 Å². The molecule has 2 fully saturated rings. The maximum atomic E-state index is 11.7. The van der Waals surface area contributed by atoms with Crippen LogP contribution in [0.4, 0.5) is 4.79 Å². The number of rotatable bonds is 3. The van der Waals surface area contributed by atoms with E-state index in [4.69, 9.17) is 4.74 Å². The summed E-state index contributed by atoms with van der Waals surface area (Å²) in [6, 6.07) is 1.97. The van der Waals surface area contributed by atoms with Gasteiger partial charge >= 0.3 is 6.09 Å². The summed E-state index contributed by atoms with van der Waals surface area (Å²) < 4.78 is 5.09. The number of carbonyl (C=O) groups is 1. The van der Waals surface area contributed by atoms with Crippen LogP contribution >= 0.6 is 0 Å². The van der Waals surface area contributed by atoms with Gasteiger partial charge in [-0.25, -0.2) is 4.79 Å². The second-order valence-corrected chi connectivity index (χ2v) is 6.59. The fourth-order valence-electron chi connectivity index (χ4n) is 3.60. The minimum absolute atomic E-state index is 0.147. The van der Waals surface area contributed by atoms with Crippen LogP contribution in [0.15, 0.2) is 0 Å². The number of amides is 1. The Labute approximate surface area is 129 Å². The molecule has 122 valence electrons. The third kappa shape index (κ3) is 4.10. The van der Waals surface area contributed by atoms with Gasteiger partial charge < -0.3 is 19.4 Å². The maximum Gasteiger partial charge on any atom is 0.409 e. The largest absolute Gasteiger partial charge is 0.450 e. The zero-order chi connectivity index (χ0) is 15.4. The number of piperidine rings is 2. The van der Waals surface area contributed by atoms with Crippen LogP contribution in [-0.4, -0.2) is 79.3 Å². The van der Waals surface area contributed by atoms with Gasteiger partial charge in [0.25, 0.3) is 0 Å². The number of likely N-dealkylation sites (tertiary alicyclic amines) is 2. The first-order valence-electron chi connectivity index (χ1n) is 8.36. The van der Waals surface area contributed by atoms with Crippen molar-refractivity contribution in [2.75, 3.05) is 40.3 Å². The molecule has 2 rings (SSSR count). The average Bonchev–Trinajstić information content (AvgIpc) is 2.50. The summed E-state index contributed by atoms with van der Waals surface area (Å²) in [4.78, 5) is 18.6. The smallest absolute Gasteiger partial charge is 0.409 e. The van der Waals surface area contributed by atoms with E-state index in [1.54, 1.807) is 0 Å². The Balaban J connectivity index is 1.80. The topological polar surface area (TPSA) is 36.0 Å². The Morgan fingerprint density at radius 1 is 1.19 bits per heavy atom. The van der Waals surface area contributed by atoms with Crippen LogP contribution in [0.25, 0.3) is 0 Å². The van der Waals surface area contributed by atoms with Crippen molar-refractivity contribution in [3.63, 3.8) is 0 Å². The number of carbonyl (C=O) groups excluding carboxylic acids is 1. The summed E-state index contributed by atoms with van der Waals surface area (Å²) in [6.45, 7) is 7.50. The summed E-state index contributed by atoms with van der Waals surface area (Å²) in [5.74, 6) is 0. The molecule has 2 saturated heterocycles. The molecule has 0 aliphatic carbocycles. The first kappa shape index (κ1) is 16.6. The fourth-order valence-corrected chi connectivity index (χ4v) is 3.60. The lowest BCUT2D eigenvalue weighted by Crippen LogP contribution is -2.52. The monoisotopic (exact) mass is 297 g/mol. The van der Waals surface area contributed by atoms with E-state index >= 15 is 0 Å². The van der Waals surface area contributed by atoms with E-state index in [2.05, 4.69) is 30.8 Å². The van der Waals surface area contributed by atoms with Crippen LogP contribution in [0, 0.1) is 0 Å². The number of ether oxygens (including phenoxy) is 1. The highest BCUT2D eigenvalue weighted by Crippen LogP contribution is 2.25. The van der Waals surface area contributed by atoms with Gasteiger partial charge in [-0.1, -0.05) is 0 Å². The van der Waals surface area contributed by atoms with E-state index in [0.717, 1.165) is 25.9 Å². The van der Waals surface area contributed by atoms with Gasteiger partial charge in [0.15, 0.2) is 0 Å². The molecule has 0 spiro atoms. The zero-order valence-corrected chi connectivity index (χ0v) is 14.0. The van der Waals surface area contributed by atoms with Crippen molar-refractivity contribution < 1.29 is 9.53 Å². The highest BCUT2D eigenvalue weighted by Gasteiger charge is 2.32. The molecular formula is C16H31N3O2. The summed E-state index contributed by atoms with van der Waals surface area (Å²) in [7, 11) is 4.49. The van der Waals surface area contributed by atoms with E-state index in [-0.39, 0.29) is 6.09 Å². The number of hydrogen-bond donors (Lipinski definition) is 0. The fraction of sp³-hybridized carbons (Fsp3) is 0.938. The van der Waals surface area contributed by atoms with Crippen molar-refractivity contribution in [2.24, 2.45) is 0 Å². The lowest BCUT2D eigenvalue weighted by atomic mass is 9.94. The second kappa shape index (κ2) is 7.45. The molecule has 5 nitrogen and oxygen atoms in total. The highest BCUT2D eigenvalue weighted by atomic mass is 16.6.